The maximum absolute atomic E-state index is 12.4. The Morgan fingerprint density at radius 1 is 1.13 bits per heavy atom. The second-order valence-electron chi connectivity index (χ2n) is 7.34. The zero-order valence-electron chi connectivity index (χ0n) is 17.4. The molecule has 1 heterocycles. The molecule has 0 radical (unpaired) electrons. The van der Waals surface area contributed by atoms with Gasteiger partial charge in [0.05, 0.1) is 18.2 Å². The Morgan fingerprint density at radius 2 is 1.83 bits per heavy atom. The summed E-state index contributed by atoms with van der Waals surface area (Å²) in [6, 6.07) is 12.9. The van der Waals surface area contributed by atoms with Crippen LogP contribution in [0.5, 0.6) is 5.75 Å². The SMILES string of the molecule is CCOc1ccccc1NC(=O)COC(=O)[C@H]1CC(=O)N(c2cc(C)cc(C)c2)C1. The van der Waals surface area contributed by atoms with Crippen LogP contribution in [0.25, 0.3) is 0 Å². The first kappa shape index (κ1) is 21.4. The minimum Gasteiger partial charge on any atom is -0.492 e. The molecule has 158 valence electrons. The Kier molecular flexibility index (Phi) is 6.72. The molecule has 2 aromatic rings. The second kappa shape index (κ2) is 9.43. The van der Waals surface area contributed by atoms with Crippen molar-refractivity contribution < 1.29 is 23.9 Å². The molecule has 7 nitrogen and oxygen atoms in total. The average Bonchev–Trinajstić information content (AvgIpc) is 3.09. The van der Waals surface area contributed by atoms with Gasteiger partial charge in [0.1, 0.15) is 5.75 Å². The van der Waals surface area contributed by atoms with Crippen LogP contribution in [0.2, 0.25) is 0 Å². The third kappa shape index (κ3) is 5.17. The molecule has 0 spiro atoms. The molecule has 0 saturated carbocycles. The molecule has 1 aliphatic rings. The first-order valence-electron chi connectivity index (χ1n) is 9.94. The standard InChI is InChI=1S/C23H26N2O5/c1-4-29-20-8-6-5-7-19(20)24-21(26)14-30-23(28)17-12-22(27)25(13-17)18-10-15(2)9-16(3)11-18/h5-11,17H,4,12-14H2,1-3H3,(H,24,26)/t17-/m0/s1. The molecule has 2 amide bonds. The van der Waals surface area contributed by atoms with Crippen molar-refractivity contribution in [2.75, 3.05) is 30.0 Å². The first-order chi connectivity index (χ1) is 14.4. The molecular weight excluding hydrogens is 384 g/mol. The molecule has 0 bridgehead atoms. The minimum atomic E-state index is -0.596. The molecule has 0 aliphatic carbocycles. The smallest absolute Gasteiger partial charge is 0.311 e. The van der Waals surface area contributed by atoms with Crippen molar-refractivity contribution in [3.63, 3.8) is 0 Å². The number of hydrogen-bond acceptors (Lipinski definition) is 5. The highest BCUT2D eigenvalue weighted by atomic mass is 16.5. The highest BCUT2D eigenvalue weighted by molar-refractivity contribution is 6.00. The molecule has 0 aromatic heterocycles. The van der Waals surface area contributed by atoms with E-state index in [-0.39, 0.29) is 18.9 Å². The van der Waals surface area contributed by atoms with Crippen LogP contribution in [0, 0.1) is 19.8 Å². The van der Waals surface area contributed by atoms with E-state index in [0.29, 0.717) is 18.0 Å². The van der Waals surface area contributed by atoms with Crippen LogP contribution in [0.4, 0.5) is 11.4 Å². The van der Waals surface area contributed by atoms with Crippen molar-refractivity contribution in [3.8, 4) is 5.75 Å². The Hall–Kier alpha value is -3.35. The molecule has 2 aromatic carbocycles. The number of nitrogens with zero attached hydrogens (tertiary/aromatic N) is 1. The maximum atomic E-state index is 12.4. The van der Waals surface area contributed by atoms with Gasteiger partial charge in [-0.2, -0.15) is 0 Å². The summed E-state index contributed by atoms with van der Waals surface area (Å²) in [5.74, 6) is -1.20. The fourth-order valence-electron chi connectivity index (χ4n) is 3.51. The summed E-state index contributed by atoms with van der Waals surface area (Å²) >= 11 is 0. The normalized spacial score (nSPS) is 15.8. The number of carbonyl (C=O) groups is 3. The lowest BCUT2D eigenvalue weighted by Gasteiger charge is -2.18. The van der Waals surface area contributed by atoms with Crippen LogP contribution >= 0.6 is 0 Å². The van der Waals surface area contributed by atoms with Crippen molar-refractivity contribution in [1.82, 2.24) is 0 Å². The molecule has 30 heavy (non-hydrogen) atoms. The molecule has 7 heteroatoms. The van der Waals surface area contributed by atoms with E-state index in [0.717, 1.165) is 16.8 Å². The molecule has 1 fully saturated rings. The van der Waals surface area contributed by atoms with Crippen LogP contribution in [0.1, 0.15) is 24.5 Å². The van der Waals surface area contributed by atoms with Gasteiger partial charge < -0.3 is 19.7 Å². The largest absolute Gasteiger partial charge is 0.492 e. The van der Waals surface area contributed by atoms with Gasteiger partial charge in [-0.1, -0.05) is 18.2 Å². The topological polar surface area (TPSA) is 84.9 Å². The lowest BCUT2D eigenvalue weighted by molar-refractivity contribution is -0.151. The van der Waals surface area contributed by atoms with Crippen molar-refractivity contribution >= 4 is 29.2 Å². The average molecular weight is 410 g/mol. The zero-order chi connectivity index (χ0) is 21.7. The Morgan fingerprint density at radius 3 is 2.53 bits per heavy atom. The number of anilines is 2. The monoisotopic (exact) mass is 410 g/mol. The van der Waals surface area contributed by atoms with Crippen molar-refractivity contribution in [1.29, 1.82) is 0 Å². The zero-order valence-corrected chi connectivity index (χ0v) is 17.4. The van der Waals surface area contributed by atoms with Crippen molar-refractivity contribution in [2.24, 2.45) is 5.92 Å². The highest BCUT2D eigenvalue weighted by Crippen LogP contribution is 2.28. The predicted octanol–water partition coefficient (Wildman–Crippen LogP) is 3.24. The van der Waals surface area contributed by atoms with Gasteiger partial charge >= 0.3 is 5.97 Å². The molecular formula is C23H26N2O5. The maximum Gasteiger partial charge on any atom is 0.311 e. The van der Waals surface area contributed by atoms with Gasteiger partial charge in [-0.25, -0.2) is 0 Å². The number of nitrogens with one attached hydrogen (secondary N) is 1. The molecule has 1 atom stereocenters. The number of ether oxygens (including phenoxy) is 2. The summed E-state index contributed by atoms with van der Waals surface area (Å²) < 4.78 is 10.6. The van der Waals surface area contributed by atoms with Crippen LogP contribution in [-0.2, 0) is 19.1 Å². The van der Waals surface area contributed by atoms with Gasteiger partial charge in [-0.05, 0) is 56.2 Å². The van der Waals surface area contributed by atoms with Crippen molar-refractivity contribution in [2.45, 2.75) is 27.2 Å². The number of para-hydroxylation sites is 2. The Balaban J connectivity index is 1.55. The number of esters is 1. The lowest BCUT2D eigenvalue weighted by atomic mass is 10.1. The van der Waals surface area contributed by atoms with Crippen LogP contribution in [0.15, 0.2) is 42.5 Å². The van der Waals surface area contributed by atoms with Crippen LogP contribution in [0.3, 0.4) is 0 Å². The molecule has 1 saturated heterocycles. The van der Waals surface area contributed by atoms with Gasteiger partial charge in [0, 0.05) is 18.7 Å². The number of benzene rings is 2. The van der Waals surface area contributed by atoms with E-state index in [1.54, 1.807) is 29.2 Å². The minimum absolute atomic E-state index is 0.0701. The second-order valence-corrected chi connectivity index (χ2v) is 7.34. The fourth-order valence-corrected chi connectivity index (χ4v) is 3.51. The van der Waals surface area contributed by atoms with Gasteiger partial charge in [0.25, 0.3) is 5.91 Å². The van der Waals surface area contributed by atoms with E-state index in [2.05, 4.69) is 5.32 Å². The summed E-state index contributed by atoms with van der Waals surface area (Å²) in [6.07, 6.45) is 0.0701. The third-order valence-electron chi connectivity index (χ3n) is 4.78. The molecule has 3 rings (SSSR count). The Bertz CT molecular complexity index is 936. The summed E-state index contributed by atoms with van der Waals surface area (Å²) in [5.41, 5.74) is 3.39. The molecule has 1 aliphatic heterocycles. The van der Waals surface area contributed by atoms with E-state index in [4.69, 9.17) is 9.47 Å². The number of carbonyl (C=O) groups excluding carboxylic acids is 3. The van der Waals surface area contributed by atoms with E-state index in [9.17, 15) is 14.4 Å². The van der Waals surface area contributed by atoms with Gasteiger partial charge in [0.15, 0.2) is 6.61 Å². The summed E-state index contributed by atoms with van der Waals surface area (Å²) in [4.78, 5) is 38.6. The number of aryl methyl sites for hydroxylation is 2. The number of amides is 2. The molecule has 1 N–H and O–H groups in total. The number of rotatable bonds is 7. The van der Waals surface area contributed by atoms with Crippen LogP contribution < -0.4 is 15.0 Å². The van der Waals surface area contributed by atoms with Gasteiger partial charge in [-0.3, -0.25) is 14.4 Å². The Labute approximate surface area is 176 Å². The fraction of sp³-hybridized carbons (Fsp3) is 0.348. The van der Waals surface area contributed by atoms with Gasteiger partial charge in [0.2, 0.25) is 5.91 Å². The van der Waals surface area contributed by atoms with Crippen LogP contribution in [-0.4, -0.2) is 37.5 Å². The first-order valence-corrected chi connectivity index (χ1v) is 9.94. The number of hydrogen-bond donors (Lipinski definition) is 1. The summed E-state index contributed by atoms with van der Waals surface area (Å²) in [5, 5.41) is 2.68. The lowest BCUT2D eigenvalue weighted by Crippen LogP contribution is -2.28. The van der Waals surface area contributed by atoms with E-state index in [1.165, 1.54) is 0 Å². The van der Waals surface area contributed by atoms with Crippen molar-refractivity contribution in [3.05, 3.63) is 53.6 Å². The third-order valence-corrected chi connectivity index (χ3v) is 4.78. The quantitative estimate of drug-likeness (QED) is 0.709. The van der Waals surface area contributed by atoms with E-state index in [1.807, 2.05) is 39.0 Å². The summed E-state index contributed by atoms with van der Waals surface area (Å²) in [7, 11) is 0. The summed E-state index contributed by atoms with van der Waals surface area (Å²) in [6.45, 7) is 6.07. The van der Waals surface area contributed by atoms with Gasteiger partial charge in [-0.15, -0.1) is 0 Å². The predicted molar refractivity (Wildman–Crippen MR) is 114 cm³/mol. The van der Waals surface area contributed by atoms with E-state index >= 15 is 0 Å². The van der Waals surface area contributed by atoms with E-state index < -0.39 is 24.4 Å². The molecule has 0 unspecified atom stereocenters. The highest BCUT2D eigenvalue weighted by Gasteiger charge is 2.36.